The number of piperazine rings is 1. The summed E-state index contributed by atoms with van der Waals surface area (Å²) in [6, 6.07) is -0.941. The average Bonchev–Trinajstić information content (AvgIpc) is 2.95. The predicted molar refractivity (Wildman–Crippen MR) is 70.3 cm³/mol. The molecule has 1 N–H and O–H groups in total. The van der Waals surface area contributed by atoms with Gasteiger partial charge in [-0.3, -0.25) is 9.59 Å². The van der Waals surface area contributed by atoms with E-state index < -0.39 is 12.1 Å². The van der Waals surface area contributed by atoms with Crippen LogP contribution < -0.4 is 5.32 Å². The first-order valence-electron chi connectivity index (χ1n) is 6.94. The van der Waals surface area contributed by atoms with Gasteiger partial charge in [-0.1, -0.05) is 32.3 Å². The van der Waals surface area contributed by atoms with Crippen LogP contribution in [-0.4, -0.2) is 38.9 Å². The van der Waals surface area contributed by atoms with E-state index in [2.05, 4.69) is 20.0 Å². The van der Waals surface area contributed by atoms with Crippen LogP contribution in [0.2, 0.25) is 0 Å². The van der Waals surface area contributed by atoms with Gasteiger partial charge in [-0.05, 0) is 12.3 Å². The van der Waals surface area contributed by atoms with E-state index in [0.29, 0.717) is 12.2 Å². The van der Waals surface area contributed by atoms with Gasteiger partial charge in [0.05, 0.1) is 6.54 Å². The second-order valence-corrected chi connectivity index (χ2v) is 5.11. The molecule has 0 radical (unpaired) electrons. The Hall–Kier alpha value is -1.92. The standard InChI is InChI=1S/C13H20N4O3/c1-4-8(3)11-13(19)17(6-10-14-7-20-16-10)9(5-2)12(18)15-11/h7-9,11H,4-6H2,1-3H3,(H,15,18). The summed E-state index contributed by atoms with van der Waals surface area (Å²) in [4.78, 5) is 30.2. The fourth-order valence-electron chi connectivity index (χ4n) is 2.41. The van der Waals surface area contributed by atoms with Gasteiger partial charge >= 0.3 is 0 Å². The van der Waals surface area contributed by atoms with Gasteiger partial charge in [0, 0.05) is 0 Å². The molecular weight excluding hydrogens is 260 g/mol. The molecule has 0 spiro atoms. The van der Waals surface area contributed by atoms with Gasteiger partial charge in [0.15, 0.2) is 5.82 Å². The van der Waals surface area contributed by atoms with Crippen molar-refractivity contribution in [3.63, 3.8) is 0 Å². The zero-order valence-electron chi connectivity index (χ0n) is 12.0. The van der Waals surface area contributed by atoms with Crippen LogP contribution in [0.25, 0.3) is 0 Å². The highest BCUT2D eigenvalue weighted by molar-refractivity contribution is 5.97. The fourth-order valence-corrected chi connectivity index (χ4v) is 2.41. The highest BCUT2D eigenvalue weighted by atomic mass is 16.5. The maximum atomic E-state index is 12.6. The van der Waals surface area contributed by atoms with Crippen molar-refractivity contribution in [3.8, 4) is 0 Å². The number of nitrogens with one attached hydrogen (secondary N) is 1. The van der Waals surface area contributed by atoms with Gasteiger partial charge in [-0.2, -0.15) is 4.98 Å². The minimum absolute atomic E-state index is 0.0735. The molecule has 1 aliphatic rings. The first kappa shape index (κ1) is 14.5. The molecule has 3 unspecified atom stereocenters. The molecule has 1 aromatic heterocycles. The van der Waals surface area contributed by atoms with Gasteiger partial charge in [0.1, 0.15) is 12.1 Å². The predicted octanol–water partition coefficient (Wildman–Crippen LogP) is 0.721. The molecule has 0 bridgehead atoms. The molecule has 3 atom stereocenters. The summed E-state index contributed by atoms with van der Waals surface area (Å²) in [6.07, 6.45) is 2.60. The lowest BCUT2D eigenvalue weighted by Crippen LogP contribution is -2.64. The highest BCUT2D eigenvalue weighted by Gasteiger charge is 2.41. The van der Waals surface area contributed by atoms with Crippen molar-refractivity contribution in [2.45, 2.75) is 52.2 Å². The number of hydrogen-bond acceptors (Lipinski definition) is 5. The van der Waals surface area contributed by atoms with Crippen LogP contribution >= 0.6 is 0 Å². The van der Waals surface area contributed by atoms with E-state index in [1.54, 1.807) is 4.90 Å². The number of rotatable bonds is 5. The maximum absolute atomic E-state index is 12.6. The molecule has 1 fully saturated rings. The molecular formula is C13H20N4O3. The van der Waals surface area contributed by atoms with E-state index in [1.807, 2.05) is 20.8 Å². The Kier molecular flexibility index (Phi) is 4.36. The normalized spacial score (nSPS) is 24.6. The van der Waals surface area contributed by atoms with Gasteiger partial charge in [-0.25, -0.2) is 0 Å². The van der Waals surface area contributed by atoms with E-state index in [4.69, 9.17) is 0 Å². The van der Waals surface area contributed by atoms with E-state index in [0.717, 1.165) is 6.42 Å². The minimum Gasteiger partial charge on any atom is -0.343 e. The Balaban J connectivity index is 2.23. The smallest absolute Gasteiger partial charge is 0.246 e. The number of hydrogen-bond donors (Lipinski definition) is 1. The molecule has 1 saturated heterocycles. The summed E-state index contributed by atoms with van der Waals surface area (Å²) in [5.74, 6) is 0.322. The summed E-state index contributed by atoms with van der Waals surface area (Å²) in [5.41, 5.74) is 0. The average molecular weight is 280 g/mol. The van der Waals surface area contributed by atoms with Crippen molar-refractivity contribution >= 4 is 11.8 Å². The van der Waals surface area contributed by atoms with Crippen molar-refractivity contribution in [1.82, 2.24) is 20.4 Å². The highest BCUT2D eigenvalue weighted by Crippen LogP contribution is 2.20. The third kappa shape index (κ3) is 2.66. The van der Waals surface area contributed by atoms with E-state index >= 15 is 0 Å². The number of nitrogens with zero attached hydrogens (tertiary/aromatic N) is 3. The minimum atomic E-state index is -0.471. The number of aromatic nitrogens is 2. The molecule has 2 heterocycles. The van der Waals surface area contributed by atoms with Crippen molar-refractivity contribution in [1.29, 1.82) is 0 Å². The van der Waals surface area contributed by atoms with Crippen molar-refractivity contribution in [3.05, 3.63) is 12.2 Å². The van der Waals surface area contributed by atoms with Crippen LogP contribution in [0.4, 0.5) is 0 Å². The quantitative estimate of drug-likeness (QED) is 0.858. The molecule has 1 aromatic rings. The summed E-state index contributed by atoms with van der Waals surface area (Å²) < 4.78 is 4.68. The molecule has 7 heteroatoms. The van der Waals surface area contributed by atoms with Crippen LogP contribution in [0.15, 0.2) is 10.9 Å². The summed E-state index contributed by atoms with van der Waals surface area (Å²) in [7, 11) is 0. The largest absolute Gasteiger partial charge is 0.343 e. The molecule has 0 saturated carbocycles. The Morgan fingerprint density at radius 3 is 2.75 bits per heavy atom. The van der Waals surface area contributed by atoms with Crippen LogP contribution in [0.1, 0.15) is 39.4 Å². The van der Waals surface area contributed by atoms with Gasteiger partial charge in [-0.15, -0.1) is 0 Å². The van der Waals surface area contributed by atoms with Crippen molar-refractivity contribution < 1.29 is 14.1 Å². The molecule has 7 nitrogen and oxygen atoms in total. The first-order valence-corrected chi connectivity index (χ1v) is 6.94. The molecule has 1 aliphatic heterocycles. The van der Waals surface area contributed by atoms with Crippen LogP contribution in [-0.2, 0) is 16.1 Å². The summed E-state index contributed by atoms with van der Waals surface area (Å²) in [5, 5.41) is 6.55. The Labute approximate surface area is 117 Å². The maximum Gasteiger partial charge on any atom is 0.246 e. The van der Waals surface area contributed by atoms with Gasteiger partial charge < -0.3 is 14.7 Å². The number of carbonyl (C=O) groups is 2. The van der Waals surface area contributed by atoms with Crippen molar-refractivity contribution in [2.75, 3.05) is 0 Å². The Morgan fingerprint density at radius 1 is 1.45 bits per heavy atom. The molecule has 20 heavy (non-hydrogen) atoms. The Bertz CT molecular complexity index is 474. The Morgan fingerprint density at radius 2 is 2.20 bits per heavy atom. The fraction of sp³-hybridized carbons (Fsp3) is 0.692. The third-order valence-corrected chi connectivity index (χ3v) is 3.84. The zero-order valence-corrected chi connectivity index (χ0v) is 12.0. The van der Waals surface area contributed by atoms with Gasteiger partial charge in [0.25, 0.3) is 0 Å². The van der Waals surface area contributed by atoms with Gasteiger partial charge in [0.2, 0.25) is 18.2 Å². The second kappa shape index (κ2) is 6.02. The topological polar surface area (TPSA) is 88.3 Å². The molecule has 110 valence electrons. The lowest BCUT2D eigenvalue weighted by Gasteiger charge is -2.39. The second-order valence-electron chi connectivity index (χ2n) is 5.11. The van der Waals surface area contributed by atoms with E-state index in [-0.39, 0.29) is 24.3 Å². The lowest BCUT2D eigenvalue weighted by molar-refractivity contribution is -0.151. The van der Waals surface area contributed by atoms with E-state index in [9.17, 15) is 9.59 Å². The lowest BCUT2D eigenvalue weighted by atomic mass is 9.93. The van der Waals surface area contributed by atoms with Crippen LogP contribution in [0.5, 0.6) is 0 Å². The van der Waals surface area contributed by atoms with Crippen molar-refractivity contribution in [2.24, 2.45) is 5.92 Å². The SMILES string of the molecule is CCC(C)C1NC(=O)C(CC)N(Cc2ncon2)C1=O. The van der Waals surface area contributed by atoms with Crippen LogP contribution in [0, 0.1) is 5.92 Å². The zero-order chi connectivity index (χ0) is 14.7. The third-order valence-electron chi connectivity index (χ3n) is 3.84. The monoisotopic (exact) mass is 280 g/mol. The first-order chi connectivity index (χ1) is 9.58. The molecule has 2 amide bonds. The molecule has 0 aliphatic carbocycles. The van der Waals surface area contributed by atoms with E-state index in [1.165, 1.54) is 6.39 Å². The van der Waals surface area contributed by atoms with Crippen LogP contribution in [0.3, 0.4) is 0 Å². The molecule has 2 rings (SSSR count). The molecule has 0 aromatic carbocycles. The number of carbonyl (C=O) groups excluding carboxylic acids is 2. The number of amides is 2. The summed E-state index contributed by atoms with van der Waals surface area (Å²) >= 11 is 0. The summed E-state index contributed by atoms with van der Waals surface area (Å²) in [6.45, 7) is 6.04.